The summed E-state index contributed by atoms with van der Waals surface area (Å²) in [4.78, 5) is 0. The van der Waals surface area contributed by atoms with Crippen LogP contribution in [0.5, 0.6) is 0 Å². The first kappa shape index (κ1) is 8.60. The van der Waals surface area contributed by atoms with Gasteiger partial charge in [0.15, 0.2) is 0 Å². The Morgan fingerprint density at radius 3 is 2.30 bits per heavy atom. The molecule has 0 aromatic heterocycles. The van der Waals surface area contributed by atoms with E-state index in [-0.39, 0.29) is 0 Å². The van der Waals surface area contributed by atoms with E-state index in [4.69, 9.17) is 4.74 Å². The Bertz CT molecular complexity index is 121. The summed E-state index contributed by atoms with van der Waals surface area (Å²) < 4.78 is 5.66. The quantitative estimate of drug-likeness (QED) is 0.340. The molecule has 0 aliphatic carbocycles. The van der Waals surface area contributed by atoms with Crippen LogP contribution in [0.25, 0.3) is 0 Å². The van der Waals surface area contributed by atoms with Crippen molar-refractivity contribution in [2.24, 2.45) is 0 Å². The second-order valence-electron chi connectivity index (χ2n) is 3.36. The lowest BCUT2D eigenvalue weighted by Crippen LogP contribution is -2.25. The zero-order valence-corrected chi connectivity index (χ0v) is 7.77. The van der Waals surface area contributed by atoms with Crippen molar-refractivity contribution in [1.29, 1.82) is 0 Å². The Morgan fingerprint density at radius 1 is 1.50 bits per heavy atom. The molecule has 4 atom stereocenters. The molecular formula is C5H13B3OS. The van der Waals surface area contributed by atoms with Crippen LogP contribution in [-0.4, -0.2) is 40.8 Å². The van der Waals surface area contributed by atoms with E-state index in [0.717, 1.165) is 0 Å². The zero-order chi connectivity index (χ0) is 7.72. The van der Waals surface area contributed by atoms with Gasteiger partial charge in [0.05, 0.1) is 6.10 Å². The van der Waals surface area contributed by atoms with Crippen LogP contribution in [-0.2, 0) is 4.74 Å². The Labute approximate surface area is 70.9 Å². The van der Waals surface area contributed by atoms with Crippen LogP contribution in [0.15, 0.2) is 0 Å². The highest BCUT2D eigenvalue weighted by molar-refractivity contribution is 7.82. The minimum Gasteiger partial charge on any atom is -0.384 e. The molecule has 54 valence electrons. The van der Waals surface area contributed by atoms with Crippen LogP contribution in [0.3, 0.4) is 0 Å². The molecule has 1 fully saturated rings. The number of thiol groups is 1. The van der Waals surface area contributed by atoms with E-state index < -0.39 is 0 Å². The molecule has 1 aliphatic rings. The Balaban J connectivity index is 2.46. The molecular weight excluding hydrogens is 141 g/mol. The number of hydrogen-bond acceptors (Lipinski definition) is 2. The zero-order valence-electron chi connectivity index (χ0n) is 6.87. The number of rotatable bonds is 1. The van der Waals surface area contributed by atoms with Gasteiger partial charge in [-0.3, -0.25) is 0 Å². The fraction of sp³-hybridized carbons (Fsp3) is 1.00. The first-order valence-electron chi connectivity index (χ1n) is 3.94. The monoisotopic (exact) mass is 154 g/mol. The van der Waals surface area contributed by atoms with E-state index in [1.165, 1.54) is 6.42 Å². The average molecular weight is 154 g/mol. The molecule has 0 radical (unpaired) electrons. The molecule has 0 amide bonds. The molecule has 0 spiro atoms. The highest BCUT2D eigenvalue weighted by Crippen LogP contribution is 2.30. The van der Waals surface area contributed by atoms with E-state index in [1.807, 2.05) is 0 Å². The molecule has 1 nitrogen and oxygen atoms in total. The summed E-state index contributed by atoms with van der Waals surface area (Å²) >= 11 is 4.37. The summed E-state index contributed by atoms with van der Waals surface area (Å²) in [6.07, 6.45) is 1.56. The maximum absolute atomic E-state index is 5.66. The average Bonchev–Trinajstić information content (AvgIpc) is 2.10. The lowest BCUT2D eigenvalue weighted by atomic mass is 9.74. The molecule has 10 heavy (non-hydrogen) atoms. The van der Waals surface area contributed by atoms with Crippen molar-refractivity contribution >= 4 is 36.2 Å². The van der Waals surface area contributed by atoms with Crippen molar-refractivity contribution in [2.45, 2.75) is 29.5 Å². The SMILES string of the molecule is BC(S)[C@H]1O[C@@H](B)C[C@@H]1B. The van der Waals surface area contributed by atoms with E-state index in [0.29, 0.717) is 23.1 Å². The molecule has 5 heteroatoms. The number of hydrogen-bond donors (Lipinski definition) is 1. The second-order valence-corrected chi connectivity index (χ2v) is 4.18. The van der Waals surface area contributed by atoms with Crippen molar-refractivity contribution in [1.82, 2.24) is 0 Å². The molecule has 1 rings (SSSR count). The van der Waals surface area contributed by atoms with E-state index in [1.54, 1.807) is 0 Å². The van der Waals surface area contributed by atoms with Gasteiger partial charge in [-0.05, 0) is 17.4 Å². The van der Waals surface area contributed by atoms with Crippen LogP contribution in [0.4, 0.5) is 0 Å². The van der Waals surface area contributed by atoms with Gasteiger partial charge in [0.1, 0.15) is 23.5 Å². The Morgan fingerprint density at radius 2 is 2.10 bits per heavy atom. The van der Waals surface area contributed by atoms with Gasteiger partial charge in [-0.15, -0.1) is 0 Å². The third-order valence-electron chi connectivity index (χ3n) is 2.13. The lowest BCUT2D eigenvalue weighted by molar-refractivity contribution is 0.0988. The van der Waals surface area contributed by atoms with Gasteiger partial charge in [-0.1, -0.05) is 0 Å². The number of ether oxygens (including phenoxy) is 1. The summed E-state index contributed by atoms with van der Waals surface area (Å²) in [6, 6.07) is 0.439. The summed E-state index contributed by atoms with van der Waals surface area (Å²) in [6.45, 7) is 0. The molecule has 0 N–H and O–H groups in total. The van der Waals surface area contributed by atoms with Gasteiger partial charge in [-0.25, -0.2) is 0 Å². The smallest absolute Gasteiger partial charge is 0.139 e. The third-order valence-corrected chi connectivity index (χ3v) is 2.42. The van der Waals surface area contributed by atoms with Gasteiger partial charge >= 0.3 is 0 Å². The summed E-state index contributed by atoms with van der Waals surface area (Å²) in [7, 11) is 6.47. The van der Waals surface area contributed by atoms with Gasteiger partial charge in [0.2, 0.25) is 0 Å². The van der Waals surface area contributed by atoms with Gasteiger partial charge in [-0.2, -0.15) is 12.6 Å². The second kappa shape index (κ2) is 3.27. The summed E-state index contributed by atoms with van der Waals surface area (Å²) in [5.74, 6) is 0.683. The maximum Gasteiger partial charge on any atom is 0.139 e. The van der Waals surface area contributed by atoms with E-state index in [2.05, 4.69) is 36.2 Å². The minimum absolute atomic E-state index is 0.373. The Kier molecular flexibility index (Phi) is 2.81. The van der Waals surface area contributed by atoms with Crippen molar-refractivity contribution < 1.29 is 4.74 Å². The van der Waals surface area contributed by atoms with Gasteiger partial charge in [0.25, 0.3) is 0 Å². The molecule has 0 saturated carbocycles. The minimum atomic E-state index is 0.373. The lowest BCUT2D eigenvalue weighted by Gasteiger charge is -2.18. The first-order valence-corrected chi connectivity index (χ1v) is 4.46. The predicted molar refractivity (Wildman–Crippen MR) is 55.4 cm³/mol. The molecule has 1 unspecified atom stereocenters. The van der Waals surface area contributed by atoms with Crippen molar-refractivity contribution in [2.75, 3.05) is 0 Å². The molecule has 1 saturated heterocycles. The topological polar surface area (TPSA) is 9.23 Å². The van der Waals surface area contributed by atoms with Gasteiger partial charge in [0, 0.05) is 6.00 Å². The van der Waals surface area contributed by atoms with E-state index in [9.17, 15) is 0 Å². The highest BCUT2D eigenvalue weighted by Gasteiger charge is 2.31. The summed E-state index contributed by atoms with van der Waals surface area (Å²) in [5, 5.41) is 0.375. The molecule has 0 aromatic rings. The predicted octanol–water partition coefficient (Wildman–Crippen LogP) is -1.95. The maximum atomic E-state index is 5.66. The largest absolute Gasteiger partial charge is 0.384 e. The summed E-state index contributed by atoms with van der Waals surface area (Å²) in [5.41, 5.74) is 0. The van der Waals surface area contributed by atoms with Crippen LogP contribution in [0.1, 0.15) is 6.42 Å². The van der Waals surface area contributed by atoms with Gasteiger partial charge < -0.3 is 4.74 Å². The first-order chi connectivity index (χ1) is 4.61. The van der Waals surface area contributed by atoms with Crippen molar-refractivity contribution in [3.63, 3.8) is 0 Å². The fourth-order valence-corrected chi connectivity index (χ4v) is 2.07. The molecule has 1 aliphatic heterocycles. The highest BCUT2D eigenvalue weighted by atomic mass is 32.1. The molecule has 1 heterocycles. The van der Waals surface area contributed by atoms with Crippen LogP contribution in [0, 0.1) is 0 Å². The molecule has 0 bridgehead atoms. The normalized spacial score (nSPS) is 43.5. The van der Waals surface area contributed by atoms with Crippen LogP contribution >= 0.6 is 12.6 Å². The standard InChI is InChI=1S/C5H13B3OS/c6-2-1-3(7)9-4(2)5(8)10/h2-5,10H,1,6-8H2/t2-,3+,4-,5?/m0/s1. The van der Waals surface area contributed by atoms with E-state index >= 15 is 0 Å². The Hall–Kier alpha value is 0.505. The van der Waals surface area contributed by atoms with Crippen LogP contribution in [0.2, 0.25) is 5.82 Å². The third kappa shape index (κ3) is 1.76. The van der Waals surface area contributed by atoms with Crippen molar-refractivity contribution in [3.05, 3.63) is 0 Å². The fourth-order valence-electron chi connectivity index (χ4n) is 1.70. The van der Waals surface area contributed by atoms with Crippen molar-refractivity contribution in [3.8, 4) is 0 Å². The molecule has 0 aromatic carbocycles. The van der Waals surface area contributed by atoms with Crippen LogP contribution < -0.4 is 0 Å².